The molecule has 5 N–H and O–H groups in total. The van der Waals surface area contributed by atoms with Crippen LogP contribution in [-0.2, 0) is 27.3 Å². The Labute approximate surface area is 183 Å². The zero-order valence-electron chi connectivity index (χ0n) is 17.6. The number of unbranched alkanes of at least 4 members (excludes halogenated alkanes) is 2. The lowest BCUT2D eigenvalue weighted by molar-refractivity contribution is -0.158. The first kappa shape index (κ1) is 26.7. The van der Waals surface area contributed by atoms with E-state index >= 15 is 0 Å². The van der Waals surface area contributed by atoms with Gasteiger partial charge in [-0.05, 0) is 38.5 Å². The van der Waals surface area contributed by atoms with Crippen molar-refractivity contribution in [1.29, 1.82) is 0 Å². The van der Waals surface area contributed by atoms with Crippen molar-refractivity contribution in [3.05, 3.63) is 11.9 Å². The molecule has 1 rings (SSSR count). The summed E-state index contributed by atoms with van der Waals surface area (Å²) in [7, 11) is 0. The molecule has 0 unspecified atom stereocenters. The average molecular weight is 460 g/mol. The summed E-state index contributed by atoms with van der Waals surface area (Å²) < 4.78 is 13.5. The summed E-state index contributed by atoms with van der Waals surface area (Å²) in [6, 6.07) is -2.69. The second-order valence-corrected chi connectivity index (χ2v) is 6.97. The van der Waals surface area contributed by atoms with E-state index in [0.29, 0.717) is 44.3 Å². The summed E-state index contributed by atoms with van der Waals surface area (Å²) in [5.41, 5.74) is 0.621. The molecule has 0 aromatic carbocycles. The summed E-state index contributed by atoms with van der Waals surface area (Å²) in [5.74, 6) is -3.00. The number of nitrogens with one attached hydrogen (secondary N) is 2. The third-order valence-corrected chi connectivity index (χ3v) is 4.33. The predicted molar refractivity (Wildman–Crippen MR) is 106 cm³/mol. The molecule has 1 atom stereocenters. The minimum Gasteiger partial charge on any atom is -0.481 e. The highest BCUT2D eigenvalue weighted by Gasteiger charge is 2.29. The van der Waals surface area contributed by atoms with E-state index in [9.17, 15) is 28.8 Å². The summed E-state index contributed by atoms with van der Waals surface area (Å²) in [4.78, 5) is 45.3. The van der Waals surface area contributed by atoms with Crippen LogP contribution in [0.25, 0.3) is 0 Å². The topological polar surface area (TPSA) is 187 Å². The molecule has 3 amide bonds. The largest absolute Gasteiger partial charge is 0.481 e. The monoisotopic (exact) mass is 460 g/mol. The summed E-state index contributed by atoms with van der Waals surface area (Å²) in [5, 5.41) is 40.0. The zero-order chi connectivity index (χ0) is 23.9. The number of aryl methyl sites for hydroxylation is 1. The lowest BCUT2D eigenvalue weighted by atomic mass is 10.1. The number of aliphatic carboxylic acids is 2. The van der Waals surface area contributed by atoms with Crippen molar-refractivity contribution in [2.75, 3.05) is 19.8 Å². The number of carbonyl (C=O) groups excluding carboxylic acids is 2. The highest BCUT2D eigenvalue weighted by atomic mass is 19.1. The Bertz CT molecular complexity index is 760. The van der Waals surface area contributed by atoms with Gasteiger partial charge in [0, 0.05) is 25.7 Å². The smallest absolute Gasteiger partial charge is 0.341 e. The molecule has 0 saturated carbocycles. The van der Waals surface area contributed by atoms with Gasteiger partial charge in [-0.2, -0.15) is 5.06 Å². The third-order valence-electron chi connectivity index (χ3n) is 4.33. The van der Waals surface area contributed by atoms with Gasteiger partial charge < -0.3 is 20.8 Å². The van der Waals surface area contributed by atoms with E-state index < -0.39 is 43.5 Å². The minimum atomic E-state index is -1.66. The number of halogens is 1. The number of alkyl halides is 1. The van der Waals surface area contributed by atoms with Crippen molar-refractivity contribution in [3.8, 4) is 0 Å². The number of carboxylic acid groups (broad SMARTS) is 2. The van der Waals surface area contributed by atoms with E-state index in [-0.39, 0.29) is 24.1 Å². The van der Waals surface area contributed by atoms with Crippen molar-refractivity contribution >= 4 is 23.9 Å². The van der Waals surface area contributed by atoms with Gasteiger partial charge >= 0.3 is 18.0 Å². The fourth-order valence-electron chi connectivity index (χ4n) is 2.66. The molecule has 13 nitrogen and oxygen atoms in total. The first-order valence-corrected chi connectivity index (χ1v) is 10.2. The van der Waals surface area contributed by atoms with E-state index in [1.165, 1.54) is 4.68 Å². The van der Waals surface area contributed by atoms with Crippen LogP contribution in [0.2, 0.25) is 0 Å². The van der Waals surface area contributed by atoms with Crippen LogP contribution in [0.4, 0.5) is 9.18 Å². The Morgan fingerprint density at radius 3 is 2.41 bits per heavy atom. The van der Waals surface area contributed by atoms with E-state index in [0.717, 1.165) is 0 Å². The van der Waals surface area contributed by atoms with E-state index in [2.05, 4.69) is 20.9 Å². The number of nitrogens with zero attached hydrogens (tertiary/aromatic N) is 4. The van der Waals surface area contributed by atoms with Crippen LogP contribution >= 0.6 is 0 Å². The van der Waals surface area contributed by atoms with Crippen LogP contribution in [0.5, 0.6) is 0 Å². The van der Waals surface area contributed by atoms with Gasteiger partial charge in [-0.1, -0.05) is 5.21 Å². The number of hydroxylamine groups is 2. The van der Waals surface area contributed by atoms with Crippen LogP contribution in [0.15, 0.2) is 6.20 Å². The quantitative estimate of drug-likeness (QED) is 0.130. The first-order valence-electron chi connectivity index (χ1n) is 10.2. The number of amides is 3. The molecule has 1 aromatic rings. The molecule has 32 heavy (non-hydrogen) atoms. The predicted octanol–water partition coefficient (Wildman–Crippen LogP) is 0.186. The molecular weight excluding hydrogens is 431 g/mol. The van der Waals surface area contributed by atoms with Crippen molar-refractivity contribution in [1.82, 2.24) is 30.7 Å². The number of hydrogen-bond acceptors (Lipinski definition) is 7. The maximum absolute atomic E-state index is 12.1. The molecule has 0 bridgehead atoms. The van der Waals surface area contributed by atoms with E-state index in [1.54, 1.807) is 6.20 Å². The normalized spacial score (nSPS) is 11.6. The highest BCUT2D eigenvalue weighted by molar-refractivity contribution is 5.82. The lowest BCUT2D eigenvalue weighted by Gasteiger charge is -2.22. The van der Waals surface area contributed by atoms with Crippen molar-refractivity contribution in [2.45, 2.75) is 57.5 Å². The maximum atomic E-state index is 12.1. The summed E-state index contributed by atoms with van der Waals surface area (Å²) in [6.45, 7) is 0.122. The molecule has 0 aliphatic rings. The molecule has 14 heteroatoms. The van der Waals surface area contributed by atoms with Crippen LogP contribution in [0.1, 0.15) is 44.2 Å². The average Bonchev–Trinajstić information content (AvgIpc) is 3.17. The number of rotatable bonds is 16. The molecule has 1 aromatic heterocycles. The van der Waals surface area contributed by atoms with Gasteiger partial charge in [-0.25, -0.2) is 14.3 Å². The van der Waals surface area contributed by atoms with Gasteiger partial charge in [-0.15, -0.1) is 5.10 Å². The second kappa shape index (κ2) is 14.7. The molecular formula is C18H29FN6O7. The van der Waals surface area contributed by atoms with Gasteiger partial charge in [0.15, 0.2) is 6.04 Å². The molecule has 0 aliphatic carbocycles. The zero-order valence-corrected chi connectivity index (χ0v) is 17.6. The van der Waals surface area contributed by atoms with E-state index in [1.807, 2.05) is 0 Å². The lowest BCUT2D eigenvalue weighted by Crippen LogP contribution is -2.48. The molecule has 0 radical (unpaired) electrons. The first-order chi connectivity index (χ1) is 15.2. The summed E-state index contributed by atoms with van der Waals surface area (Å²) >= 11 is 0. The SMILES string of the molecule is O=C(O)CC[C@@H](C(=O)O)N(O)C(=O)NCCCCCNC(=O)Cn1cc(CCCF)nn1. The van der Waals surface area contributed by atoms with Crippen molar-refractivity contribution in [3.63, 3.8) is 0 Å². The fraction of sp³-hybridized carbons (Fsp3) is 0.667. The Morgan fingerprint density at radius 2 is 1.78 bits per heavy atom. The molecule has 0 fully saturated rings. The Balaban J connectivity index is 2.17. The number of carboxylic acids is 2. The molecule has 0 aliphatic heterocycles. The molecule has 180 valence electrons. The third kappa shape index (κ3) is 10.7. The molecule has 1 heterocycles. The second-order valence-electron chi connectivity index (χ2n) is 6.97. The standard InChI is InChI=1S/C18H29FN6O7/c19-8-4-5-13-11-24(23-22-13)12-15(26)20-9-2-1-3-10-21-18(31)25(32)14(17(29)30)6-7-16(27)28/h11,14,32H,1-10,12H2,(H,20,26)(H,21,31)(H,27,28)(H,29,30)/t14-/m0/s1. The minimum absolute atomic E-state index is 0.00234. The van der Waals surface area contributed by atoms with Crippen LogP contribution in [0, 0.1) is 0 Å². The summed E-state index contributed by atoms with van der Waals surface area (Å²) in [6.07, 6.45) is 3.26. The van der Waals surface area contributed by atoms with Gasteiger partial charge in [-0.3, -0.25) is 19.2 Å². The number of aromatic nitrogens is 3. The Morgan fingerprint density at radius 1 is 1.09 bits per heavy atom. The molecule has 0 saturated heterocycles. The number of urea groups is 1. The number of hydrogen-bond donors (Lipinski definition) is 5. The Hall–Kier alpha value is -3.29. The van der Waals surface area contributed by atoms with Crippen molar-refractivity contribution in [2.24, 2.45) is 0 Å². The van der Waals surface area contributed by atoms with Gasteiger partial charge in [0.2, 0.25) is 5.91 Å². The van der Waals surface area contributed by atoms with Crippen LogP contribution in [-0.4, -0.2) is 85.2 Å². The maximum Gasteiger partial charge on any atom is 0.341 e. The Kier molecular flexibility index (Phi) is 12.3. The van der Waals surface area contributed by atoms with E-state index in [4.69, 9.17) is 10.2 Å². The highest BCUT2D eigenvalue weighted by Crippen LogP contribution is 2.06. The fourth-order valence-corrected chi connectivity index (χ4v) is 2.66. The van der Waals surface area contributed by atoms with Gasteiger partial charge in [0.1, 0.15) is 6.54 Å². The van der Waals surface area contributed by atoms with Crippen LogP contribution in [0.3, 0.4) is 0 Å². The van der Waals surface area contributed by atoms with Crippen LogP contribution < -0.4 is 10.6 Å². The molecule has 0 spiro atoms. The van der Waals surface area contributed by atoms with Gasteiger partial charge in [0.05, 0.1) is 12.4 Å². The van der Waals surface area contributed by atoms with Gasteiger partial charge in [0.25, 0.3) is 0 Å². The van der Waals surface area contributed by atoms with Crippen molar-refractivity contribution < 1.29 is 39.0 Å². The number of carbonyl (C=O) groups is 4.